The minimum absolute atomic E-state index is 0.0592. The van der Waals surface area contributed by atoms with Crippen LogP contribution in [0, 0.1) is 0 Å². The third kappa shape index (κ3) is 9.66. The monoisotopic (exact) mass is 632 g/mol. The Hall–Kier alpha value is -5.69. The van der Waals surface area contributed by atoms with Gasteiger partial charge in [-0.25, -0.2) is 8.42 Å². The predicted molar refractivity (Wildman–Crippen MR) is 162 cm³/mol. The van der Waals surface area contributed by atoms with Crippen molar-refractivity contribution in [2.75, 3.05) is 10.6 Å². The van der Waals surface area contributed by atoms with E-state index in [2.05, 4.69) is 10.6 Å². The number of hydrogen-bond donors (Lipinski definition) is 4. The highest BCUT2D eigenvalue weighted by Crippen LogP contribution is 2.29. The summed E-state index contributed by atoms with van der Waals surface area (Å²) >= 11 is 0. The Morgan fingerprint density at radius 2 is 0.778 bits per heavy atom. The summed E-state index contributed by atoms with van der Waals surface area (Å²) in [5, 5.41) is 22.5. The summed E-state index contributed by atoms with van der Waals surface area (Å²) in [5.74, 6) is -1.28. The number of carbonyl (C=O) groups excluding carboxylic acids is 2. The molecule has 0 fully saturated rings. The van der Waals surface area contributed by atoms with E-state index >= 15 is 0 Å². The fraction of sp³-hybridized carbons (Fsp3) is 0.125. The first-order valence-electron chi connectivity index (χ1n) is 13.5. The molecule has 0 aromatic heterocycles. The van der Waals surface area contributed by atoms with Crippen molar-refractivity contribution in [2.45, 2.75) is 35.5 Å². The molecule has 232 valence electrons. The van der Waals surface area contributed by atoms with E-state index in [0.717, 1.165) is 0 Å². The molecule has 0 aliphatic rings. The van der Waals surface area contributed by atoms with E-state index in [1.165, 1.54) is 48.5 Å². The number of carbonyl (C=O) groups is 4. The van der Waals surface area contributed by atoms with E-state index in [4.69, 9.17) is 19.7 Å². The van der Waals surface area contributed by atoms with Crippen molar-refractivity contribution in [3.8, 4) is 23.0 Å². The quantitative estimate of drug-likeness (QED) is 0.134. The van der Waals surface area contributed by atoms with Gasteiger partial charge in [0.15, 0.2) is 0 Å². The van der Waals surface area contributed by atoms with E-state index in [1.807, 2.05) is 0 Å². The number of rotatable bonds is 14. The molecule has 0 spiro atoms. The molecule has 45 heavy (non-hydrogen) atoms. The van der Waals surface area contributed by atoms with Gasteiger partial charge in [0.1, 0.15) is 23.0 Å². The standard InChI is InChI=1S/C32H28N2O10S/c35-29(17-19-31(37)38)33-21-1-5-23(6-2-21)43-25-9-13-27(14-10-25)45(41,42)28-15-11-26(12-16-28)44-24-7-3-22(4-8-24)34-30(36)18-20-32(39)40/h1-16H,17-20H2,(H,33,35)(H,34,36)(H,37,38)(H,39,40). The van der Waals surface area contributed by atoms with Crippen LogP contribution in [0.2, 0.25) is 0 Å². The number of carboxylic acid groups (broad SMARTS) is 2. The molecular weight excluding hydrogens is 604 g/mol. The Labute approximate surface area is 258 Å². The molecule has 0 heterocycles. The number of sulfone groups is 1. The maximum atomic E-state index is 13.2. The molecule has 2 amide bonds. The lowest BCUT2D eigenvalue weighted by Crippen LogP contribution is -2.12. The minimum Gasteiger partial charge on any atom is -0.481 e. The molecule has 13 heteroatoms. The smallest absolute Gasteiger partial charge is 0.303 e. The summed E-state index contributed by atoms with van der Waals surface area (Å²) in [4.78, 5) is 44.9. The van der Waals surface area contributed by atoms with Gasteiger partial charge in [-0.2, -0.15) is 0 Å². The number of anilines is 2. The zero-order valence-electron chi connectivity index (χ0n) is 23.6. The first kappa shape index (κ1) is 32.2. The van der Waals surface area contributed by atoms with Gasteiger partial charge in [0.05, 0.1) is 22.6 Å². The predicted octanol–water partition coefficient (Wildman–Crippen LogP) is 5.71. The van der Waals surface area contributed by atoms with Crippen molar-refractivity contribution in [3.05, 3.63) is 97.1 Å². The van der Waals surface area contributed by atoms with Crippen molar-refractivity contribution in [3.63, 3.8) is 0 Å². The summed E-state index contributed by atoms with van der Waals surface area (Å²) in [6, 6.07) is 24.6. The fourth-order valence-corrected chi connectivity index (χ4v) is 5.14. The summed E-state index contributed by atoms with van der Waals surface area (Å²) in [7, 11) is -3.84. The van der Waals surface area contributed by atoms with Crippen molar-refractivity contribution in [1.29, 1.82) is 0 Å². The molecule has 0 radical (unpaired) electrons. The van der Waals surface area contributed by atoms with Gasteiger partial charge in [-0.3, -0.25) is 19.2 Å². The number of aliphatic carboxylic acids is 2. The van der Waals surface area contributed by atoms with E-state index in [1.54, 1.807) is 48.5 Å². The van der Waals surface area contributed by atoms with Crippen molar-refractivity contribution >= 4 is 45.0 Å². The van der Waals surface area contributed by atoms with E-state index < -0.39 is 33.6 Å². The second-order valence-corrected chi connectivity index (χ2v) is 11.5. The summed E-state index contributed by atoms with van der Waals surface area (Å²) in [6.45, 7) is 0. The zero-order chi connectivity index (χ0) is 32.4. The van der Waals surface area contributed by atoms with Gasteiger partial charge in [0, 0.05) is 24.2 Å². The van der Waals surface area contributed by atoms with Gasteiger partial charge in [0.2, 0.25) is 21.7 Å². The molecule has 4 aromatic carbocycles. The van der Waals surface area contributed by atoms with Crippen LogP contribution in [0.5, 0.6) is 23.0 Å². The van der Waals surface area contributed by atoms with Crippen LogP contribution in [0.25, 0.3) is 0 Å². The number of ether oxygens (including phenoxy) is 2. The highest BCUT2D eigenvalue weighted by molar-refractivity contribution is 7.91. The van der Waals surface area contributed by atoms with Gasteiger partial charge >= 0.3 is 11.9 Å². The highest BCUT2D eigenvalue weighted by Gasteiger charge is 2.18. The van der Waals surface area contributed by atoms with Crippen LogP contribution in [0.1, 0.15) is 25.7 Å². The molecule has 12 nitrogen and oxygen atoms in total. The number of carboxylic acids is 2. The average Bonchev–Trinajstić information content (AvgIpc) is 3.01. The summed E-state index contributed by atoms with van der Waals surface area (Å²) < 4.78 is 37.9. The molecule has 0 atom stereocenters. The topological polar surface area (TPSA) is 185 Å². The SMILES string of the molecule is O=C(O)CCC(=O)Nc1ccc(Oc2ccc(S(=O)(=O)c3ccc(Oc4ccc(NC(=O)CCC(=O)O)cc4)cc3)cc2)cc1. The minimum atomic E-state index is -3.84. The van der Waals surface area contributed by atoms with Crippen molar-refractivity contribution in [2.24, 2.45) is 0 Å². The van der Waals surface area contributed by atoms with Gasteiger partial charge in [-0.1, -0.05) is 0 Å². The van der Waals surface area contributed by atoms with Crippen LogP contribution in [0.3, 0.4) is 0 Å². The molecule has 0 aliphatic carbocycles. The number of amides is 2. The first-order chi connectivity index (χ1) is 21.5. The molecule has 0 aliphatic heterocycles. The lowest BCUT2D eigenvalue weighted by Gasteiger charge is -2.10. The van der Waals surface area contributed by atoms with Crippen LogP contribution >= 0.6 is 0 Å². The Morgan fingerprint density at radius 1 is 0.489 bits per heavy atom. The highest BCUT2D eigenvalue weighted by atomic mass is 32.2. The largest absolute Gasteiger partial charge is 0.481 e. The molecule has 4 aromatic rings. The number of hydrogen-bond acceptors (Lipinski definition) is 8. The van der Waals surface area contributed by atoms with Crippen molar-refractivity contribution in [1.82, 2.24) is 0 Å². The average molecular weight is 633 g/mol. The molecule has 4 N–H and O–H groups in total. The van der Waals surface area contributed by atoms with E-state index in [9.17, 15) is 27.6 Å². The van der Waals surface area contributed by atoms with Crippen LogP contribution in [-0.4, -0.2) is 42.4 Å². The van der Waals surface area contributed by atoms with Crippen LogP contribution in [0.4, 0.5) is 11.4 Å². The second-order valence-electron chi connectivity index (χ2n) is 9.58. The van der Waals surface area contributed by atoms with E-state index in [0.29, 0.717) is 34.4 Å². The Bertz CT molecular complexity index is 1640. The molecule has 0 saturated heterocycles. The lowest BCUT2D eigenvalue weighted by atomic mass is 10.2. The van der Waals surface area contributed by atoms with Gasteiger partial charge in [0.25, 0.3) is 0 Å². The molecular formula is C32H28N2O10S. The van der Waals surface area contributed by atoms with Crippen LogP contribution in [-0.2, 0) is 29.0 Å². The fourth-order valence-electron chi connectivity index (χ4n) is 3.88. The zero-order valence-corrected chi connectivity index (χ0v) is 24.5. The summed E-state index contributed by atoms with van der Waals surface area (Å²) in [5.41, 5.74) is 0.954. The Kier molecular flexibility index (Phi) is 10.5. The molecule has 0 saturated carbocycles. The molecule has 4 rings (SSSR count). The Balaban J connectivity index is 1.32. The number of nitrogens with one attached hydrogen (secondary N) is 2. The number of benzene rings is 4. The Morgan fingerprint density at radius 3 is 1.07 bits per heavy atom. The molecule has 0 bridgehead atoms. The lowest BCUT2D eigenvalue weighted by molar-refractivity contribution is -0.138. The first-order valence-corrected chi connectivity index (χ1v) is 15.0. The third-order valence-corrected chi connectivity index (χ3v) is 7.93. The van der Waals surface area contributed by atoms with Crippen LogP contribution < -0.4 is 20.1 Å². The third-order valence-electron chi connectivity index (χ3n) is 6.15. The summed E-state index contributed by atoms with van der Waals surface area (Å²) in [6.07, 6.45) is -0.810. The normalized spacial score (nSPS) is 10.8. The maximum Gasteiger partial charge on any atom is 0.303 e. The van der Waals surface area contributed by atoms with Gasteiger partial charge in [-0.05, 0) is 97.1 Å². The van der Waals surface area contributed by atoms with Crippen LogP contribution in [0.15, 0.2) is 107 Å². The molecule has 0 unspecified atom stereocenters. The second kappa shape index (κ2) is 14.7. The maximum absolute atomic E-state index is 13.2. The van der Waals surface area contributed by atoms with Gasteiger partial charge in [-0.15, -0.1) is 0 Å². The van der Waals surface area contributed by atoms with E-state index in [-0.39, 0.29) is 35.5 Å². The van der Waals surface area contributed by atoms with Gasteiger partial charge < -0.3 is 30.3 Å². The van der Waals surface area contributed by atoms with Crippen molar-refractivity contribution < 1.29 is 47.3 Å².